The topological polar surface area (TPSA) is 143 Å². The van der Waals surface area contributed by atoms with Gasteiger partial charge in [0.2, 0.25) is 0 Å². The summed E-state index contributed by atoms with van der Waals surface area (Å²) in [6, 6.07) is 8.50. The molecule has 11 heteroatoms. The Balaban J connectivity index is 1.50. The number of carboxylic acid groups (broad SMARTS) is 1. The van der Waals surface area contributed by atoms with E-state index in [-0.39, 0.29) is 17.5 Å². The Bertz CT molecular complexity index is 1330. The molecule has 0 bridgehead atoms. The average Bonchev–Trinajstić information content (AvgIpc) is 3.27. The molecule has 11 nitrogen and oxygen atoms in total. The minimum atomic E-state index is -0.825. The summed E-state index contributed by atoms with van der Waals surface area (Å²) in [6.07, 6.45) is 4.76. The second-order valence-electron chi connectivity index (χ2n) is 10.7. The first-order chi connectivity index (χ1) is 19.3. The molecular weight excluding hydrogens is 510 g/mol. The number of nitrogen functional groups attached to an aromatic ring is 1. The molecule has 1 unspecified atom stereocenters. The third kappa shape index (κ3) is 7.19. The number of aliphatic carboxylic acids is 1. The van der Waals surface area contributed by atoms with E-state index >= 15 is 0 Å². The van der Waals surface area contributed by atoms with Gasteiger partial charge in [-0.05, 0) is 63.4 Å². The molecule has 2 aromatic heterocycles. The maximum atomic E-state index is 12.8. The average molecular weight is 554 g/mol. The number of aromatic nitrogens is 4. The zero-order chi connectivity index (χ0) is 28.6. The molecule has 218 valence electrons. The Hall–Kier alpha value is -3.44. The van der Waals surface area contributed by atoms with Crippen molar-refractivity contribution in [1.29, 1.82) is 0 Å². The Morgan fingerprint density at radius 2 is 2.02 bits per heavy atom. The molecule has 40 heavy (non-hydrogen) atoms. The number of rotatable bonds is 14. The molecule has 3 aromatic rings. The van der Waals surface area contributed by atoms with Crippen molar-refractivity contribution in [1.82, 2.24) is 29.3 Å². The summed E-state index contributed by atoms with van der Waals surface area (Å²) in [5.74, 6) is -1.18. The summed E-state index contributed by atoms with van der Waals surface area (Å²) in [7, 11) is 0. The van der Waals surface area contributed by atoms with E-state index in [0.29, 0.717) is 30.4 Å². The summed E-state index contributed by atoms with van der Waals surface area (Å²) in [4.78, 5) is 40.8. The van der Waals surface area contributed by atoms with Gasteiger partial charge in [-0.1, -0.05) is 44.5 Å². The van der Waals surface area contributed by atoms with Gasteiger partial charge < -0.3 is 25.5 Å². The number of benzene rings is 1. The Labute approximate surface area is 235 Å². The fourth-order valence-corrected chi connectivity index (χ4v) is 5.37. The van der Waals surface area contributed by atoms with E-state index in [9.17, 15) is 14.7 Å². The van der Waals surface area contributed by atoms with Crippen LogP contribution in [0.2, 0.25) is 0 Å². The smallest absolute Gasteiger partial charge is 0.327 e. The lowest BCUT2D eigenvalue weighted by molar-refractivity contribution is -0.138. The maximum Gasteiger partial charge on any atom is 0.327 e. The van der Waals surface area contributed by atoms with E-state index in [4.69, 9.17) is 10.5 Å². The molecule has 4 rings (SSSR count). The second kappa shape index (κ2) is 13.8. The number of nitrogens with zero attached hydrogens (tertiary/aromatic N) is 5. The first-order valence-corrected chi connectivity index (χ1v) is 14.5. The van der Waals surface area contributed by atoms with Crippen molar-refractivity contribution in [3.8, 4) is 6.01 Å². The molecule has 1 aliphatic heterocycles. The van der Waals surface area contributed by atoms with E-state index in [1.807, 2.05) is 18.2 Å². The van der Waals surface area contributed by atoms with Crippen molar-refractivity contribution >= 4 is 23.0 Å². The van der Waals surface area contributed by atoms with Gasteiger partial charge in [0.1, 0.15) is 5.52 Å². The molecule has 1 fully saturated rings. The lowest BCUT2D eigenvalue weighted by atomic mass is 9.98. The Morgan fingerprint density at radius 3 is 2.73 bits per heavy atom. The lowest BCUT2D eigenvalue weighted by Gasteiger charge is -2.38. The highest BCUT2D eigenvalue weighted by Gasteiger charge is 2.25. The predicted octanol–water partition coefficient (Wildman–Crippen LogP) is 3.45. The fourth-order valence-electron chi connectivity index (χ4n) is 5.37. The molecule has 1 atom stereocenters. The lowest BCUT2D eigenvalue weighted by Crippen LogP contribution is -2.45. The van der Waals surface area contributed by atoms with Crippen LogP contribution in [0.3, 0.4) is 0 Å². The number of anilines is 1. The number of piperidine rings is 1. The summed E-state index contributed by atoms with van der Waals surface area (Å²) >= 11 is 0. The number of hydrogen-bond acceptors (Lipinski definition) is 8. The molecule has 0 saturated carbocycles. The van der Waals surface area contributed by atoms with Crippen LogP contribution < -0.4 is 16.2 Å². The maximum absolute atomic E-state index is 12.8. The third-order valence-corrected chi connectivity index (χ3v) is 7.91. The van der Waals surface area contributed by atoms with Crippen molar-refractivity contribution in [2.45, 2.75) is 77.9 Å². The van der Waals surface area contributed by atoms with Gasteiger partial charge in [0.25, 0.3) is 0 Å². The van der Waals surface area contributed by atoms with E-state index in [1.54, 1.807) is 11.5 Å². The molecule has 0 radical (unpaired) electrons. The number of aromatic amines is 1. The number of aryl methyl sites for hydroxylation is 1. The quantitative estimate of drug-likeness (QED) is 0.256. The minimum Gasteiger partial charge on any atom is -0.481 e. The number of nitrogens with one attached hydrogen (secondary N) is 1. The van der Waals surface area contributed by atoms with Crippen LogP contribution in [0.25, 0.3) is 11.2 Å². The van der Waals surface area contributed by atoms with Gasteiger partial charge in [0.05, 0.1) is 12.5 Å². The van der Waals surface area contributed by atoms with Crippen molar-refractivity contribution in [2.24, 2.45) is 0 Å². The van der Waals surface area contributed by atoms with Gasteiger partial charge >= 0.3 is 17.7 Å². The normalized spacial score (nSPS) is 15.6. The first kappa shape index (κ1) is 29.5. The van der Waals surface area contributed by atoms with Gasteiger partial charge in [-0.25, -0.2) is 4.79 Å². The summed E-state index contributed by atoms with van der Waals surface area (Å²) in [5.41, 5.74) is 8.65. The number of carbonyl (C=O) groups is 1. The van der Waals surface area contributed by atoms with Gasteiger partial charge in [0.15, 0.2) is 11.5 Å². The van der Waals surface area contributed by atoms with Crippen LogP contribution in [0.5, 0.6) is 6.01 Å². The molecule has 1 saturated heterocycles. The molecular formula is C29H43N7O4. The largest absolute Gasteiger partial charge is 0.481 e. The zero-order valence-electron chi connectivity index (χ0n) is 23.9. The number of H-pyrrole nitrogens is 1. The Morgan fingerprint density at radius 1 is 1.25 bits per heavy atom. The molecule has 0 aliphatic carbocycles. The van der Waals surface area contributed by atoms with Crippen LogP contribution >= 0.6 is 0 Å². The van der Waals surface area contributed by atoms with E-state index in [0.717, 1.165) is 76.0 Å². The molecule has 1 aromatic carbocycles. The van der Waals surface area contributed by atoms with Crippen LogP contribution in [-0.2, 0) is 17.9 Å². The highest BCUT2D eigenvalue weighted by Crippen LogP contribution is 2.23. The van der Waals surface area contributed by atoms with Crippen LogP contribution in [0, 0.1) is 0 Å². The fraction of sp³-hybridized carbons (Fsp3) is 0.586. The minimum absolute atomic E-state index is 0.186. The number of fused-ring (bicyclic) bond motifs is 1. The van der Waals surface area contributed by atoms with Crippen LogP contribution in [0.1, 0.15) is 69.9 Å². The molecule has 3 heterocycles. The van der Waals surface area contributed by atoms with Crippen molar-refractivity contribution < 1.29 is 14.6 Å². The second-order valence-corrected chi connectivity index (χ2v) is 10.7. The highest BCUT2D eigenvalue weighted by molar-refractivity contribution is 5.81. The van der Waals surface area contributed by atoms with Gasteiger partial charge in [0, 0.05) is 25.7 Å². The SMILES string of the molecule is CCCCOc1nc(N)c2[nH]c(=O)n(CCCN(Cc3cccc(C(C)C(=O)O)c3)C3CCN(CC)CC3)c2n1. The summed E-state index contributed by atoms with van der Waals surface area (Å²) < 4.78 is 7.28. The number of hydrogen-bond donors (Lipinski definition) is 3. The van der Waals surface area contributed by atoms with Gasteiger partial charge in [-0.15, -0.1) is 0 Å². The number of unbranched alkanes of at least 4 members (excludes halogenated alkanes) is 1. The number of nitrogens with two attached hydrogens (primary N) is 1. The molecule has 0 amide bonds. The van der Waals surface area contributed by atoms with Crippen molar-refractivity contribution in [3.05, 3.63) is 45.9 Å². The molecule has 4 N–H and O–H groups in total. The standard InChI is InChI=1S/C29H43N7O4/c1-4-6-17-40-28-32-25(30)24-26(33-28)36(29(39)31-24)14-8-13-35(23-11-15-34(5-2)16-12-23)19-21-9-7-10-22(18-21)20(3)27(37)38/h7,9-10,18,20,23H,4-6,8,11-17,19H2,1-3H3,(H,31,39)(H,37,38)(H2,30,32,33). The molecule has 0 spiro atoms. The summed E-state index contributed by atoms with van der Waals surface area (Å²) in [5, 5.41) is 9.48. The van der Waals surface area contributed by atoms with Crippen LogP contribution in [-0.4, -0.2) is 79.2 Å². The van der Waals surface area contributed by atoms with Crippen molar-refractivity contribution in [3.63, 3.8) is 0 Å². The number of likely N-dealkylation sites (tertiary alicyclic amines) is 1. The van der Waals surface area contributed by atoms with E-state index in [1.165, 1.54) is 0 Å². The third-order valence-electron chi connectivity index (χ3n) is 7.91. The zero-order valence-corrected chi connectivity index (χ0v) is 23.9. The molecule has 1 aliphatic rings. The van der Waals surface area contributed by atoms with Crippen LogP contribution in [0.15, 0.2) is 29.1 Å². The monoisotopic (exact) mass is 553 g/mol. The number of carboxylic acids is 1. The summed E-state index contributed by atoms with van der Waals surface area (Å²) in [6.45, 7) is 11.7. The van der Waals surface area contributed by atoms with E-state index < -0.39 is 11.9 Å². The number of imidazole rings is 1. The highest BCUT2D eigenvalue weighted by atomic mass is 16.5. The number of ether oxygens (including phenoxy) is 1. The van der Waals surface area contributed by atoms with Gasteiger partial charge in [-0.2, -0.15) is 9.97 Å². The van der Waals surface area contributed by atoms with Crippen molar-refractivity contribution in [2.75, 3.05) is 38.5 Å². The predicted molar refractivity (Wildman–Crippen MR) is 156 cm³/mol. The Kier molecular flexibility index (Phi) is 10.2. The van der Waals surface area contributed by atoms with E-state index in [2.05, 4.69) is 44.7 Å². The van der Waals surface area contributed by atoms with Gasteiger partial charge in [-0.3, -0.25) is 14.3 Å². The van der Waals surface area contributed by atoms with Crippen LogP contribution in [0.4, 0.5) is 5.82 Å². The first-order valence-electron chi connectivity index (χ1n) is 14.5.